The van der Waals surface area contributed by atoms with Crippen LogP contribution in [0.3, 0.4) is 0 Å². The molecule has 1 saturated carbocycles. The summed E-state index contributed by atoms with van der Waals surface area (Å²) in [5.74, 6) is 0.670. The van der Waals surface area contributed by atoms with Gasteiger partial charge in [-0.05, 0) is 44.4 Å². The lowest BCUT2D eigenvalue weighted by Gasteiger charge is -2.10. The molecule has 1 N–H and O–H groups in total. The summed E-state index contributed by atoms with van der Waals surface area (Å²) in [7, 11) is -3.44. The molecule has 2 aliphatic rings. The van der Waals surface area contributed by atoms with Crippen molar-refractivity contribution in [1.29, 1.82) is 0 Å². The molecule has 1 aliphatic heterocycles. The fraction of sp³-hybridized carbons (Fsp3) is 0.400. The fourth-order valence-corrected chi connectivity index (χ4v) is 6.26. The van der Waals surface area contributed by atoms with Gasteiger partial charge in [0.15, 0.2) is 5.82 Å². The van der Waals surface area contributed by atoms with Gasteiger partial charge in [0, 0.05) is 61.0 Å². The Balaban J connectivity index is 1.29. The summed E-state index contributed by atoms with van der Waals surface area (Å²) in [5.41, 5.74) is 4.44. The van der Waals surface area contributed by atoms with Crippen molar-refractivity contribution in [2.24, 2.45) is 0 Å². The number of hydrogen-bond acceptors (Lipinski definition) is 7. The summed E-state index contributed by atoms with van der Waals surface area (Å²) in [6.07, 6.45) is 11.1. The lowest BCUT2D eigenvalue weighted by Crippen LogP contribution is -2.17. The number of fused-ring (bicyclic) bond motifs is 1. The van der Waals surface area contributed by atoms with Crippen molar-refractivity contribution in [1.82, 2.24) is 34.0 Å². The van der Waals surface area contributed by atoms with Gasteiger partial charge in [0.1, 0.15) is 0 Å². The van der Waals surface area contributed by atoms with Crippen molar-refractivity contribution in [3.8, 4) is 11.4 Å². The quantitative estimate of drug-likeness (QED) is 0.409. The second kappa shape index (κ2) is 8.51. The lowest BCUT2D eigenvalue weighted by molar-refractivity contribution is -0.119. The Bertz CT molecular complexity index is 1580. The second-order valence-electron chi connectivity index (χ2n) is 9.88. The van der Waals surface area contributed by atoms with E-state index in [0.29, 0.717) is 43.6 Å². The first kappa shape index (κ1) is 22.8. The molecule has 36 heavy (non-hydrogen) atoms. The first-order valence-corrected chi connectivity index (χ1v) is 13.7. The predicted octanol–water partition coefficient (Wildman–Crippen LogP) is 2.81. The highest BCUT2D eigenvalue weighted by atomic mass is 32.2. The van der Waals surface area contributed by atoms with Gasteiger partial charge >= 0.3 is 0 Å². The maximum atomic E-state index is 12.5. The third kappa shape index (κ3) is 4.06. The van der Waals surface area contributed by atoms with E-state index in [-0.39, 0.29) is 23.1 Å². The number of nitrogens with zero attached hydrogens (tertiary/aromatic N) is 6. The molecule has 0 radical (unpaired) electrons. The van der Waals surface area contributed by atoms with Crippen LogP contribution in [0.5, 0.6) is 0 Å². The van der Waals surface area contributed by atoms with E-state index in [1.807, 2.05) is 12.3 Å². The molecule has 0 aromatic carbocycles. The van der Waals surface area contributed by atoms with Gasteiger partial charge in [0.2, 0.25) is 5.91 Å². The maximum Gasteiger partial charge on any atom is 0.256 e. The molecule has 1 amide bonds. The van der Waals surface area contributed by atoms with E-state index in [9.17, 15) is 13.2 Å². The Kier molecular flexibility index (Phi) is 5.40. The van der Waals surface area contributed by atoms with Crippen LogP contribution in [0.15, 0.2) is 43.1 Å². The third-order valence-corrected chi connectivity index (χ3v) is 8.91. The number of amides is 1. The highest BCUT2D eigenvalue weighted by molar-refractivity contribution is 7.90. The van der Waals surface area contributed by atoms with E-state index < -0.39 is 10.0 Å². The average molecular weight is 506 g/mol. The van der Waals surface area contributed by atoms with Crippen LogP contribution in [0, 0.1) is 0 Å². The number of carbonyl (C=O) groups excluding carboxylic acids is 1. The molecule has 0 spiro atoms. The molecular weight excluding hydrogens is 478 g/mol. The first-order valence-electron chi connectivity index (χ1n) is 12.2. The largest absolute Gasteiger partial charge is 0.355 e. The molecule has 5 heterocycles. The zero-order valence-corrected chi connectivity index (χ0v) is 20.9. The number of hydrogen-bond donors (Lipinski definition) is 1. The van der Waals surface area contributed by atoms with Gasteiger partial charge in [-0.1, -0.05) is 0 Å². The highest BCUT2D eigenvalue weighted by Crippen LogP contribution is 2.34. The van der Waals surface area contributed by atoms with Gasteiger partial charge < -0.3 is 9.88 Å². The molecule has 4 aromatic rings. The van der Waals surface area contributed by atoms with Crippen LogP contribution in [0.4, 0.5) is 0 Å². The van der Waals surface area contributed by atoms with Crippen molar-refractivity contribution in [3.05, 3.63) is 60.1 Å². The van der Waals surface area contributed by atoms with E-state index in [1.54, 1.807) is 6.20 Å². The van der Waals surface area contributed by atoms with Crippen molar-refractivity contribution < 1.29 is 13.2 Å². The Morgan fingerprint density at radius 2 is 1.97 bits per heavy atom. The molecule has 0 bridgehead atoms. The zero-order chi connectivity index (χ0) is 25.0. The molecule has 1 aliphatic carbocycles. The van der Waals surface area contributed by atoms with Crippen LogP contribution in [-0.4, -0.2) is 54.8 Å². The number of pyridine rings is 1. The fourth-order valence-electron chi connectivity index (χ4n) is 4.78. The van der Waals surface area contributed by atoms with E-state index >= 15 is 0 Å². The molecule has 1 atom stereocenters. The van der Waals surface area contributed by atoms with E-state index in [0.717, 1.165) is 31.9 Å². The summed E-state index contributed by atoms with van der Waals surface area (Å²) >= 11 is 0. The minimum absolute atomic E-state index is 0.0882. The smallest absolute Gasteiger partial charge is 0.256 e. The van der Waals surface area contributed by atoms with Gasteiger partial charge in [-0.25, -0.2) is 18.4 Å². The molecule has 10 nitrogen and oxygen atoms in total. The Hall–Kier alpha value is -3.60. The van der Waals surface area contributed by atoms with E-state index in [2.05, 4.69) is 51.1 Å². The highest BCUT2D eigenvalue weighted by Gasteiger charge is 2.37. The van der Waals surface area contributed by atoms with Gasteiger partial charge in [-0.3, -0.25) is 9.78 Å². The van der Waals surface area contributed by atoms with E-state index in [1.165, 1.54) is 12.4 Å². The number of carbonyl (C=O) groups is 1. The SMILES string of the molecule is CC(C)n1cc(C2CNC(=O)C2)c2cnc(Cc3ccnc(-c4cnn(S(=O)(=O)C5CC5)c4)n3)cc21. The van der Waals surface area contributed by atoms with Crippen molar-refractivity contribution in [2.75, 3.05) is 6.54 Å². The molecule has 6 rings (SSSR count). The molecular formula is C25H27N7O3S. The normalized spacial score (nSPS) is 18.3. The van der Waals surface area contributed by atoms with Crippen molar-refractivity contribution >= 4 is 26.8 Å². The van der Waals surface area contributed by atoms with Crippen LogP contribution in [0.25, 0.3) is 22.3 Å². The Labute approximate surface area is 208 Å². The van der Waals surface area contributed by atoms with Crippen molar-refractivity contribution in [2.45, 2.75) is 56.7 Å². The van der Waals surface area contributed by atoms with Gasteiger partial charge in [-0.15, -0.1) is 0 Å². The summed E-state index contributed by atoms with van der Waals surface area (Å²) < 4.78 is 28.2. The standard InChI is InChI=1S/C25H27N7O3S/c1-15(2)31-14-22(16-7-24(33)28-10-16)21-12-27-19(9-23(21)31)8-18-5-6-26-25(30-18)17-11-29-32(13-17)36(34,35)20-3-4-20/h5-6,9,11-16,20H,3-4,7-8,10H2,1-2H3,(H,28,33). The second-order valence-corrected chi connectivity index (χ2v) is 11.9. The van der Waals surface area contributed by atoms with Gasteiger partial charge in [0.25, 0.3) is 10.0 Å². The summed E-state index contributed by atoms with van der Waals surface area (Å²) in [4.78, 5) is 25.5. The summed E-state index contributed by atoms with van der Waals surface area (Å²) in [6, 6.07) is 4.19. The number of nitrogens with one attached hydrogen (secondary N) is 1. The maximum absolute atomic E-state index is 12.5. The Morgan fingerprint density at radius 1 is 1.14 bits per heavy atom. The van der Waals surface area contributed by atoms with Crippen LogP contribution >= 0.6 is 0 Å². The Morgan fingerprint density at radius 3 is 2.69 bits per heavy atom. The monoisotopic (exact) mass is 505 g/mol. The molecule has 4 aromatic heterocycles. The number of rotatable bonds is 7. The topological polar surface area (TPSA) is 125 Å². The lowest BCUT2D eigenvalue weighted by atomic mass is 9.98. The minimum Gasteiger partial charge on any atom is -0.355 e. The summed E-state index contributed by atoms with van der Waals surface area (Å²) in [6.45, 7) is 4.93. The van der Waals surface area contributed by atoms with Gasteiger partial charge in [0.05, 0.1) is 34.4 Å². The average Bonchev–Trinajstić information content (AvgIpc) is 3.27. The molecule has 186 valence electrons. The third-order valence-electron chi connectivity index (χ3n) is 6.88. The first-order chi connectivity index (χ1) is 17.3. The van der Waals surface area contributed by atoms with Crippen LogP contribution in [0.1, 0.15) is 62.0 Å². The van der Waals surface area contributed by atoms with Crippen LogP contribution in [-0.2, 0) is 21.2 Å². The van der Waals surface area contributed by atoms with E-state index in [4.69, 9.17) is 4.98 Å². The predicted molar refractivity (Wildman–Crippen MR) is 134 cm³/mol. The summed E-state index contributed by atoms with van der Waals surface area (Å²) in [5, 5.41) is 7.71. The number of aromatic nitrogens is 6. The minimum atomic E-state index is -3.44. The molecule has 1 unspecified atom stereocenters. The van der Waals surface area contributed by atoms with Gasteiger partial charge in [-0.2, -0.15) is 9.19 Å². The zero-order valence-electron chi connectivity index (χ0n) is 20.1. The molecule has 1 saturated heterocycles. The van der Waals surface area contributed by atoms with Crippen LogP contribution in [0.2, 0.25) is 0 Å². The van der Waals surface area contributed by atoms with Crippen LogP contribution < -0.4 is 5.32 Å². The molecule has 2 fully saturated rings. The van der Waals surface area contributed by atoms with Crippen molar-refractivity contribution in [3.63, 3.8) is 0 Å². The molecule has 11 heteroatoms.